The number of halogens is 1. The second-order valence-electron chi connectivity index (χ2n) is 5.50. The van der Waals surface area contributed by atoms with Gasteiger partial charge in [0, 0.05) is 19.1 Å². The fourth-order valence-corrected chi connectivity index (χ4v) is 2.44. The lowest BCUT2D eigenvalue weighted by Gasteiger charge is -2.29. The molecule has 0 radical (unpaired) electrons. The Morgan fingerprint density at radius 2 is 2.35 bits per heavy atom. The normalized spacial score (nSPS) is 19.9. The number of carbonyl (C=O) groups is 1. The largest absolute Gasteiger partial charge is 0.351 e. The molecule has 1 aromatic carbocycles. The second-order valence-corrected chi connectivity index (χ2v) is 5.50. The van der Waals surface area contributed by atoms with Crippen LogP contribution in [0.25, 0.3) is 0 Å². The van der Waals surface area contributed by atoms with Crippen molar-refractivity contribution >= 4 is 5.91 Å². The molecule has 1 heterocycles. The van der Waals surface area contributed by atoms with Gasteiger partial charge in [0.05, 0.1) is 6.54 Å². The molecule has 0 aromatic heterocycles. The lowest BCUT2D eigenvalue weighted by molar-refractivity contribution is -0.122. The highest BCUT2D eigenvalue weighted by molar-refractivity contribution is 5.78. The fourth-order valence-electron chi connectivity index (χ4n) is 2.44. The van der Waals surface area contributed by atoms with Crippen molar-refractivity contribution in [3.8, 4) is 0 Å². The monoisotopic (exact) mass is 279 g/mol. The highest BCUT2D eigenvalue weighted by atomic mass is 19.1. The van der Waals surface area contributed by atoms with E-state index in [-0.39, 0.29) is 17.8 Å². The van der Waals surface area contributed by atoms with Gasteiger partial charge >= 0.3 is 0 Å². The van der Waals surface area contributed by atoms with Crippen LogP contribution in [0, 0.1) is 12.7 Å². The number of aryl methyl sites for hydroxylation is 1. The minimum atomic E-state index is -0.237. The molecule has 0 spiro atoms. The van der Waals surface area contributed by atoms with Gasteiger partial charge in [-0.05, 0) is 43.5 Å². The average molecular weight is 279 g/mol. The second kappa shape index (κ2) is 6.81. The Hall–Kier alpha value is -1.46. The number of hydrogen-bond donors (Lipinski definition) is 2. The van der Waals surface area contributed by atoms with Gasteiger partial charge in [-0.3, -0.25) is 9.69 Å². The van der Waals surface area contributed by atoms with Crippen LogP contribution in [0.2, 0.25) is 0 Å². The van der Waals surface area contributed by atoms with Gasteiger partial charge in [-0.15, -0.1) is 0 Å². The van der Waals surface area contributed by atoms with Crippen molar-refractivity contribution in [1.82, 2.24) is 10.2 Å². The van der Waals surface area contributed by atoms with E-state index < -0.39 is 0 Å². The summed E-state index contributed by atoms with van der Waals surface area (Å²) in [5.41, 5.74) is 7.27. The van der Waals surface area contributed by atoms with Crippen LogP contribution in [-0.2, 0) is 11.3 Å². The van der Waals surface area contributed by atoms with Gasteiger partial charge in [0.2, 0.25) is 5.91 Å². The maximum absolute atomic E-state index is 13.4. The molecule has 4 nitrogen and oxygen atoms in total. The molecule has 5 heteroatoms. The zero-order chi connectivity index (χ0) is 14.5. The van der Waals surface area contributed by atoms with Crippen molar-refractivity contribution in [3.05, 3.63) is 35.1 Å². The number of nitrogens with zero attached hydrogens (tertiary/aromatic N) is 1. The van der Waals surface area contributed by atoms with E-state index in [4.69, 9.17) is 5.73 Å². The standard InChI is InChI=1S/C15H22FN3O/c1-11-4-5-12(7-14(11)16)8-18-15(20)10-19-6-2-3-13(17)9-19/h4-5,7,13H,2-3,6,8-10,17H2,1H3,(H,18,20). The summed E-state index contributed by atoms with van der Waals surface area (Å²) in [7, 11) is 0. The smallest absolute Gasteiger partial charge is 0.234 e. The van der Waals surface area contributed by atoms with E-state index >= 15 is 0 Å². The van der Waals surface area contributed by atoms with Crippen LogP contribution in [0.3, 0.4) is 0 Å². The van der Waals surface area contributed by atoms with Gasteiger partial charge in [-0.25, -0.2) is 4.39 Å². The van der Waals surface area contributed by atoms with Gasteiger partial charge in [-0.2, -0.15) is 0 Å². The van der Waals surface area contributed by atoms with E-state index in [1.54, 1.807) is 13.0 Å². The third kappa shape index (κ3) is 4.28. The number of nitrogens with two attached hydrogens (primary N) is 1. The van der Waals surface area contributed by atoms with Crippen LogP contribution < -0.4 is 11.1 Å². The van der Waals surface area contributed by atoms with Gasteiger partial charge < -0.3 is 11.1 Å². The average Bonchev–Trinajstić information content (AvgIpc) is 2.40. The van der Waals surface area contributed by atoms with Gasteiger partial charge in [0.1, 0.15) is 5.82 Å². The van der Waals surface area contributed by atoms with E-state index in [0.717, 1.165) is 31.5 Å². The Bertz CT molecular complexity index is 478. The van der Waals surface area contributed by atoms with Gasteiger partial charge in [0.15, 0.2) is 0 Å². The van der Waals surface area contributed by atoms with E-state index in [9.17, 15) is 9.18 Å². The number of benzene rings is 1. The lowest BCUT2D eigenvalue weighted by Crippen LogP contribution is -2.46. The van der Waals surface area contributed by atoms with Crippen molar-refractivity contribution in [3.63, 3.8) is 0 Å². The van der Waals surface area contributed by atoms with Crippen molar-refractivity contribution < 1.29 is 9.18 Å². The topological polar surface area (TPSA) is 58.4 Å². The zero-order valence-electron chi connectivity index (χ0n) is 11.9. The van der Waals surface area contributed by atoms with Crippen LogP contribution in [0.4, 0.5) is 4.39 Å². The predicted molar refractivity (Wildman–Crippen MR) is 76.6 cm³/mol. The molecule has 1 aliphatic rings. The highest BCUT2D eigenvalue weighted by Crippen LogP contribution is 2.09. The fraction of sp³-hybridized carbons (Fsp3) is 0.533. The van der Waals surface area contributed by atoms with E-state index in [2.05, 4.69) is 10.2 Å². The first-order valence-electron chi connectivity index (χ1n) is 7.04. The molecule has 0 aliphatic carbocycles. The molecule has 1 atom stereocenters. The summed E-state index contributed by atoms with van der Waals surface area (Å²) < 4.78 is 13.4. The van der Waals surface area contributed by atoms with Crippen molar-refractivity contribution in [2.45, 2.75) is 32.4 Å². The maximum Gasteiger partial charge on any atom is 0.234 e. The summed E-state index contributed by atoms with van der Waals surface area (Å²) >= 11 is 0. The minimum absolute atomic E-state index is 0.0416. The number of hydrogen-bond acceptors (Lipinski definition) is 3. The molecule has 3 N–H and O–H groups in total. The summed E-state index contributed by atoms with van der Waals surface area (Å²) in [6.45, 7) is 4.13. The van der Waals surface area contributed by atoms with Crippen molar-refractivity contribution in [2.24, 2.45) is 5.73 Å². The van der Waals surface area contributed by atoms with Crippen molar-refractivity contribution in [2.75, 3.05) is 19.6 Å². The molecule has 1 fully saturated rings. The first kappa shape index (κ1) is 14.9. The molecule has 0 bridgehead atoms. The Morgan fingerprint density at radius 3 is 3.05 bits per heavy atom. The first-order valence-corrected chi connectivity index (χ1v) is 7.04. The Morgan fingerprint density at radius 1 is 1.55 bits per heavy atom. The predicted octanol–water partition coefficient (Wildman–Crippen LogP) is 1.17. The molecule has 2 rings (SSSR count). The number of rotatable bonds is 4. The summed E-state index contributed by atoms with van der Waals surface area (Å²) in [5.74, 6) is -0.279. The van der Waals surface area contributed by atoms with E-state index in [1.807, 2.05) is 6.07 Å². The Balaban J connectivity index is 1.78. The van der Waals surface area contributed by atoms with Gasteiger partial charge in [0.25, 0.3) is 0 Å². The molecule has 1 unspecified atom stereocenters. The number of nitrogens with one attached hydrogen (secondary N) is 1. The van der Waals surface area contributed by atoms with Crippen LogP contribution in [0.5, 0.6) is 0 Å². The van der Waals surface area contributed by atoms with Crippen molar-refractivity contribution in [1.29, 1.82) is 0 Å². The van der Waals surface area contributed by atoms with Crippen LogP contribution in [0.15, 0.2) is 18.2 Å². The number of piperidine rings is 1. The molecule has 110 valence electrons. The van der Waals surface area contributed by atoms with Crippen LogP contribution >= 0.6 is 0 Å². The van der Waals surface area contributed by atoms with E-state index in [1.165, 1.54) is 6.07 Å². The first-order chi connectivity index (χ1) is 9.54. The SMILES string of the molecule is Cc1ccc(CNC(=O)CN2CCCC(N)C2)cc1F. The van der Waals surface area contributed by atoms with E-state index in [0.29, 0.717) is 18.7 Å². The molecule has 20 heavy (non-hydrogen) atoms. The Labute approximate surface area is 119 Å². The zero-order valence-corrected chi connectivity index (χ0v) is 11.9. The quantitative estimate of drug-likeness (QED) is 0.870. The summed E-state index contributed by atoms with van der Waals surface area (Å²) in [5, 5.41) is 2.82. The molecule has 1 aliphatic heterocycles. The Kier molecular flexibility index (Phi) is 5.09. The molecule has 1 amide bonds. The third-order valence-corrected chi connectivity index (χ3v) is 3.64. The highest BCUT2D eigenvalue weighted by Gasteiger charge is 2.18. The number of carbonyl (C=O) groups excluding carboxylic acids is 1. The summed E-state index contributed by atoms with van der Waals surface area (Å²) in [6.07, 6.45) is 2.07. The molecule has 1 saturated heterocycles. The number of amides is 1. The molecule has 1 aromatic rings. The van der Waals surface area contributed by atoms with Gasteiger partial charge in [-0.1, -0.05) is 12.1 Å². The van der Waals surface area contributed by atoms with Crippen LogP contribution in [0.1, 0.15) is 24.0 Å². The summed E-state index contributed by atoms with van der Waals surface area (Å²) in [4.78, 5) is 13.9. The number of likely N-dealkylation sites (tertiary alicyclic amines) is 1. The summed E-state index contributed by atoms with van der Waals surface area (Å²) in [6, 6.07) is 5.19. The lowest BCUT2D eigenvalue weighted by atomic mass is 10.1. The molecule has 0 saturated carbocycles. The molecular weight excluding hydrogens is 257 g/mol. The van der Waals surface area contributed by atoms with Crippen LogP contribution in [-0.4, -0.2) is 36.5 Å². The third-order valence-electron chi connectivity index (χ3n) is 3.64. The maximum atomic E-state index is 13.4. The molecular formula is C15H22FN3O. The minimum Gasteiger partial charge on any atom is -0.351 e.